The summed E-state index contributed by atoms with van der Waals surface area (Å²) in [4.78, 5) is 15.9. The lowest BCUT2D eigenvalue weighted by atomic mass is 9.70. The van der Waals surface area contributed by atoms with Crippen molar-refractivity contribution in [2.45, 2.75) is 5.41 Å². The van der Waals surface area contributed by atoms with Crippen LogP contribution in [0.2, 0.25) is 0 Å². The molecular formula is C70H41N3OS. The quantitative estimate of drug-likeness (QED) is 0.167. The lowest BCUT2D eigenvalue weighted by Crippen LogP contribution is -2.25. The molecule has 3 heterocycles. The van der Waals surface area contributed by atoms with Crippen molar-refractivity contribution in [2.24, 2.45) is 0 Å². The van der Waals surface area contributed by atoms with Gasteiger partial charge in [0.15, 0.2) is 17.5 Å². The third-order valence-electron chi connectivity index (χ3n) is 15.8. The first-order valence-corrected chi connectivity index (χ1v) is 26.3. The highest BCUT2D eigenvalue weighted by atomic mass is 32.1. The Morgan fingerprint density at radius 1 is 0.280 bits per heavy atom. The molecule has 0 unspecified atom stereocenters. The molecule has 0 bridgehead atoms. The molecule has 348 valence electrons. The van der Waals surface area contributed by atoms with Gasteiger partial charge in [-0.25, -0.2) is 15.0 Å². The molecule has 0 amide bonds. The van der Waals surface area contributed by atoms with E-state index in [1.807, 2.05) is 18.2 Å². The zero-order chi connectivity index (χ0) is 49.2. The molecule has 2 aliphatic rings. The van der Waals surface area contributed by atoms with Crippen LogP contribution in [0.4, 0.5) is 0 Å². The molecule has 0 atom stereocenters. The predicted octanol–water partition coefficient (Wildman–Crippen LogP) is 18.5. The smallest absolute Gasteiger partial charge is 0.164 e. The molecule has 3 aromatic heterocycles. The number of hydrogen-bond acceptors (Lipinski definition) is 5. The zero-order valence-electron chi connectivity index (χ0n) is 40.3. The summed E-state index contributed by atoms with van der Waals surface area (Å²) in [7, 11) is 0. The van der Waals surface area contributed by atoms with Crippen LogP contribution in [0.3, 0.4) is 0 Å². The van der Waals surface area contributed by atoms with Gasteiger partial charge in [-0.1, -0.05) is 194 Å². The lowest BCUT2D eigenvalue weighted by molar-refractivity contribution is 0.669. The Morgan fingerprint density at radius 3 is 1.51 bits per heavy atom. The van der Waals surface area contributed by atoms with Gasteiger partial charge in [0, 0.05) is 47.6 Å². The van der Waals surface area contributed by atoms with Crippen molar-refractivity contribution in [3.05, 3.63) is 271 Å². The van der Waals surface area contributed by atoms with E-state index < -0.39 is 0 Å². The highest BCUT2D eigenvalue weighted by Crippen LogP contribution is 2.63. The zero-order valence-corrected chi connectivity index (χ0v) is 41.1. The number of nitrogens with zero attached hydrogens (tertiary/aromatic N) is 3. The number of furan rings is 1. The van der Waals surface area contributed by atoms with E-state index in [1.54, 1.807) is 11.3 Å². The van der Waals surface area contributed by atoms with Gasteiger partial charge in [-0.2, -0.15) is 0 Å². The average Bonchev–Trinajstić information content (AvgIpc) is 4.39. The van der Waals surface area contributed by atoms with E-state index in [1.165, 1.54) is 75.8 Å². The number of aromatic nitrogens is 3. The second-order valence-corrected chi connectivity index (χ2v) is 20.9. The van der Waals surface area contributed by atoms with E-state index in [0.29, 0.717) is 17.5 Å². The largest absolute Gasteiger partial charge is 0.456 e. The number of thiophene rings is 1. The summed E-state index contributed by atoms with van der Waals surface area (Å²) in [6.07, 6.45) is 0. The SMILES string of the molecule is c1ccc(-c2cccc(-c3nc(-c4ccc5sc6ccccc6c5c4)nc(-c4cccc5oc6ccc(-c7ccc(-c8ccc9c(c8)-c8ccccc8C98c9ccccc9-c9ccccc98)cc7)cc6c45)n3)c2)cc1. The van der Waals surface area contributed by atoms with Gasteiger partial charge in [0.05, 0.1) is 5.41 Å². The van der Waals surface area contributed by atoms with Crippen LogP contribution in [0.25, 0.3) is 132 Å². The van der Waals surface area contributed by atoms with Crippen LogP contribution >= 0.6 is 11.3 Å². The number of benzene rings is 11. The van der Waals surface area contributed by atoms with Crippen molar-refractivity contribution in [3.8, 4) is 89.8 Å². The van der Waals surface area contributed by atoms with Gasteiger partial charge in [-0.3, -0.25) is 0 Å². The molecule has 0 saturated carbocycles. The lowest BCUT2D eigenvalue weighted by Gasteiger charge is -2.30. The fourth-order valence-corrected chi connectivity index (χ4v) is 13.5. The van der Waals surface area contributed by atoms with Crippen LogP contribution in [-0.2, 0) is 5.41 Å². The maximum atomic E-state index is 6.62. The van der Waals surface area contributed by atoms with Crippen LogP contribution in [0.1, 0.15) is 22.3 Å². The van der Waals surface area contributed by atoms with E-state index >= 15 is 0 Å². The van der Waals surface area contributed by atoms with E-state index in [-0.39, 0.29) is 5.41 Å². The van der Waals surface area contributed by atoms with E-state index in [0.717, 1.165) is 60.9 Å². The Balaban J connectivity index is 0.798. The standard InChI is InChI=1S/C70H41N3OS/c1-2-14-42(15-3-1)45-16-12-17-48(38-45)67-71-68(49-34-37-65-56(41-49)53-21-7-11-27-64(53)75-65)73-69(72-67)54-22-13-26-63-66(54)57-40-47(33-36-62(57)74-63)44-30-28-43(29-31-44)46-32-35-61-55(39-46)52-20-6-10-25-60(52)70(61)58-23-8-4-18-50(58)51-19-5-9-24-59(51)70/h1-41H. The van der Waals surface area contributed by atoms with Gasteiger partial charge in [-0.05, 0) is 132 Å². The van der Waals surface area contributed by atoms with Gasteiger partial charge in [0.25, 0.3) is 0 Å². The fraction of sp³-hybridized carbons (Fsp3) is 0.0143. The summed E-state index contributed by atoms with van der Waals surface area (Å²) in [5.41, 5.74) is 21.4. The fourth-order valence-electron chi connectivity index (χ4n) is 12.4. The maximum Gasteiger partial charge on any atom is 0.164 e. The van der Waals surface area contributed by atoms with Crippen molar-refractivity contribution >= 4 is 53.4 Å². The van der Waals surface area contributed by atoms with Gasteiger partial charge in [0.2, 0.25) is 0 Å². The van der Waals surface area contributed by atoms with Gasteiger partial charge in [0.1, 0.15) is 11.2 Å². The summed E-state index contributed by atoms with van der Waals surface area (Å²) < 4.78 is 9.11. The average molecular weight is 972 g/mol. The third-order valence-corrected chi connectivity index (χ3v) is 16.9. The maximum absolute atomic E-state index is 6.62. The minimum absolute atomic E-state index is 0.353. The Bertz CT molecular complexity index is 4620. The molecule has 2 aliphatic carbocycles. The first-order chi connectivity index (χ1) is 37.1. The van der Waals surface area contributed by atoms with Crippen LogP contribution in [0, 0.1) is 0 Å². The molecule has 0 N–H and O–H groups in total. The van der Waals surface area contributed by atoms with Crippen molar-refractivity contribution in [1.82, 2.24) is 15.0 Å². The molecule has 14 aromatic rings. The topological polar surface area (TPSA) is 51.8 Å². The molecule has 5 heteroatoms. The molecule has 16 rings (SSSR count). The van der Waals surface area contributed by atoms with Gasteiger partial charge >= 0.3 is 0 Å². The van der Waals surface area contributed by atoms with Crippen LogP contribution in [-0.4, -0.2) is 15.0 Å². The number of hydrogen-bond donors (Lipinski definition) is 0. The van der Waals surface area contributed by atoms with Crippen LogP contribution < -0.4 is 0 Å². The minimum atomic E-state index is -0.353. The molecule has 0 saturated heterocycles. The highest BCUT2D eigenvalue weighted by Gasteiger charge is 2.51. The summed E-state index contributed by atoms with van der Waals surface area (Å²) in [5, 5.41) is 4.40. The second-order valence-electron chi connectivity index (χ2n) is 19.8. The molecule has 0 aliphatic heterocycles. The summed E-state index contributed by atoms with van der Waals surface area (Å²) in [6.45, 7) is 0. The van der Waals surface area contributed by atoms with Crippen molar-refractivity contribution in [3.63, 3.8) is 0 Å². The summed E-state index contributed by atoms with van der Waals surface area (Å²) in [6, 6.07) is 89.8. The number of fused-ring (bicyclic) bond motifs is 16. The predicted molar refractivity (Wildman–Crippen MR) is 309 cm³/mol. The summed E-state index contributed by atoms with van der Waals surface area (Å²) in [5.74, 6) is 1.81. The molecule has 0 fully saturated rings. The molecule has 11 aromatic carbocycles. The van der Waals surface area contributed by atoms with Gasteiger partial charge < -0.3 is 4.42 Å². The minimum Gasteiger partial charge on any atom is -0.456 e. The van der Waals surface area contributed by atoms with Crippen LogP contribution in [0.5, 0.6) is 0 Å². The van der Waals surface area contributed by atoms with Crippen molar-refractivity contribution < 1.29 is 4.42 Å². The molecular weight excluding hydrogens is 931 g/mol. The van der Waals surface area contributed by atoms with Crippen molar-refractivity contribution in [2.75, 3.05) is 0 Å². The summed E-state index contributed by atoms with van der Waals surface area (Å²) >= 11 is 1.81. The van der Waals surface area contributed by atoms with E-state index in [4.69, 9.17) is 19.4 Å². The Morgan fingerprint density at radius 2 is 0.760 bits per heavy atom. The van der Waals surface area contributed by atoms with E-state index in [2.05, 4.69) is 231 Å². The number of rotatable bonds is 6. The molecule has 75 heavy (non-hydrogen) atoms. The Labute approximate surface area is 436 Å². The van der Waals surface area contributed by atoms with Gasteiger partial charge in [-0.15, -0.1) is 11.3 Å². The first-order valence-electron chi connectivity index (χ1n) is 25.5. The normalized spacial score (nSPS) is 12.9. The Kier molecular flexibility index (Phi) is 9.09. The van der Waals surface area contributed by atoms with Crippen LogP contribution in [0.15, 0.2) is 253 Å². The van der Waals surface area contributed by atoms with E-state index in [9.17, 15) is 0 Å². The van der Waals surface area contributed by atoms with Crippen molar-refractivity contribution in [1.29, 1.82) is 0 Å². The third kappa shape index (κ3) is 6.32. The monoisotopic (exact) mass is 971 g/mol. The second kappa shape index (κ2) is 16.2. The first kappa shape index (κ1) is 42.0. The molecule has 1 spiro atoms. The highest BCUT2D eigenvalue weighted by molar-refractivity contribution is 7.25. The molecule has 0 radical (unpaired) electrons. The molecule has 4 nitrogen and oxygen atoms in total. The Hall–Kier alpha value is -9.55.